The highest BCUT2D eigenvalue weighted by atomic mass is 35.5. The third-order valence-electron chi connectivity index (χ3n) is 3.57. The van der Waals surface area contributed by atoms with Crippen molar-refractivity contribution in [3.63, 3.8) is 0 Å². The Morgan fingerprint density at radius 2 is 2.28 bits per heavy atom. The Morgan fingerprint density at radius 3 is 3.00 bits per heavy atom. The van der Waals surface area contributed by atoms with Crippen molar-refractivity contribution < 1.29 is 9.84 Å². The Hall–Kier alpha value is -0.770. The number of halogens is 1. The van der Waals surface area contributed by atoms with E-state index in [0.717, 1.165) is 23.7 Å². The topological polar surface area (TPSA) is 41.5 Å². The first-order valence-corrected chi connectivity index (χ1v) is 6.77. The van der Waals surface area contributed by atoms with Gasteiger partial charge < -0.3 is 15.2 Å². The zero-order valence-corrected chi connectivity index (χ0v) is 11.6. The Morgan fingerprint density at radius 1 is 1.50 bits per heavy atom. The molecule has 2 rings (SSSR count). The van der Waals surface area contributed by atoms with E-state index >= 15 is 0 Å². The molecule has 4 heteroatoms. The van der Waals surface area contributed by atoms with Crippen LogP contribution >= 0.6 is 11.6 Å². The molecule has 0 saturated heterocycles. The Bertz CT molecular complexity index is 411. The van der Waals surface area contributed by atoms with Crippen LogP contribution in [0.25, 0.3) is 0 Å². The van der Waals surface area contributed by atoms with Gasteiger partial charge in [0.25, 0.3) is 0 Å². The van der Waals surface area contributed by atoms with Crippen LogP contribution < -0.4 is 10.1 Å². The van der Waals surface area contributed by atoms with Crippen molar-refractivity contribution in [1.82, 2.24) is 5.32 Å². The second-order valence-electron chi connectivity index (χ2n) is 5.05. The van der Waals surface area contributed by atoms with Crippen LogP contribution in [0.2, 0.25) is 5.02 Å². The van der Waals surface area contributed by atoms with Gasteiger partial charge in [-0.3, -0.25) is 0 Å². The first-order chi connectivity index (χ1) is 8.60. The number of hydrogen-bond donors (Lipinski definition) is 2. The number of fused-ring (bicyclic) bond motifs is 1. The summed E-state index contributed by atoms with van der Waals surface area (Å²) >= 11 is 5.96. The molecule has 18 heavy (non-hydrogen) atoms. The van der Waals surface area contributed by atoms with E-state index in [9.17, 15) is 0 Å². The van der Waals surface area contributed by atoms with E-state index in [1.54, 1.807) is 0 Å². The van der Waals surface area contributed by atoms with Gasteiger partial charge in [0.2, 0.25) is 0 Å². The van der Waals surface area contributed by atoms with Gasteiger partial charge in [-0.15, -0.1) is 0 Å². The molecule has 0 spiro atoms. The number of ether oxygens (including phenoxy) is 1. The molecule has 3 atom stereocenters. The van der Waals surface area contributed by atoms with Crippen molar-refractivity contribution in [2.24, 2.45) is 5.92 Å². The molecular weight excluding hydrogens is 250 g/mol. The van der Waals surface area contributed by atoms with Gasteiger partial charge in [-0.1, -0.05) is 18.5 Å². The van der Waals surface area contributed by atoms with Crippen molar-refractivity contribution in [3.05, 3.63) is 28.8 Å². The maximum Gasteiger partial charge on any atom is 0.123 e. The summed E-state index contributed by atoms with van der Waals surface area (Å²) in [7, 11) is 0. The molecule has 0 fully saturated rings. The second-order valence-corrected chi connectivity index (χ2v) is 5.49. The minimum Gasteiger partial charge on any atom is -0.488 e. The van der Waals surface area contributed by atoms with E-state index < -0.39 is 0 Å². The summed E-state index contributed by atoms with van der Waals surface area (Å²) in [6.07, 6.45) is 1.05. The van der Waals surface area contributed by atoms with Crippen molar-refractivity contribution in [2.75, 3.05) is 13.2 Å². The van der Waals surface area contributed by atoms with Crippen LogP contribution in [0.15, 0.2) is 18.2 Å². The molecule has 1 aliphatic heterocycles. The lowest BCUT2D eigenvalue weighted by atomic mass is 10.0. The molecule has 0 radical (unpaired) electrons. The largest absolute Gasteiger partial charge is 0.488 e. The normalized spacial score (nSPS) is 21.2. The van der Waals surface area contributed by atoms with E-state index in [0.29, 0.717) is 0 Å². The van der Waals surface area contributed by atoms with Gasteiger partial charge in [0.1, 0.15) is 11.9 Å². The van der Waals surface area contributed by atoms with Crippen molar-refractivity contribution in [3.8, 4) is 5.75 Å². The number of benzene rings is 1. The molecule has 3 unspecified atom stereocenters. The minimum atomic E-state index is 0.159. The van der Waals surface area contributed by atoms with Crippen molar-refractivity contribution in [1.29, 1.82) is 0 Å². The standard InChI is InChI=1S/C14H20ClNO2/c1-9(8-17)10(2)16-7-13-6-11-5-12(15)3-4-14(11)18-13/h3-5,9-10,13,16-17H,6-8H2,1-2H3. The van der Waals surface area contributed by atoms with Crippen LogP contribution in [-0.4, -0.2) is 30.4 Å². The fourth-order valence-electron chi connectivity index (χ4n) is 2.08. The average Bonchev–Trinajstić information content (AvgIpc) is 2.76. The Balaban J connectivity index is 1.85. The van der Waals surface area contributed by atoms with Crippen LogP contribution in [0.5, 0.6) is 5.75 Å². The summed E-state index contributed by atoms with van der Waals surface area (Å²) in [5, 5.41) is 13.2. The van der Waals surface area contributed by atoms with E-state index in [1.165, 1.54) is 5.56 Å². The van der Waals surface area contributed by atoms with E-state index in [1.807, 2.05) is 25.1 Å². The molecule has 100 valence electrons. The predicted octanol–water partition coefficient (Wildman–Crippen LogP) is 2.25. The summed E-state index contributed by atoms with van der Waals surface area (Å²) in [5.41, 5.74) is 1.18. The average molecular weight is 270 g/mol. The number of aliphatic hydroxyl groups excluding tert-OH is 1. The lowest BCUT2D eigenvalue weighted by Gasteiger charge is -2.21. The van der Waals surface area contributed by atoms with Gasteiger partial charge in [0.15, 0.2) is 0 Å². The van der Waals surface area contributed by atoms with Gasteiger partial charge in [-0.2, -0.15) is 0 Å². The highest BCUT2D eigenvalue weighted by molar-refractivity contribution is 6.30. The lowest BCUT2D eigenvalue weighted by Crippen LogP contribution is -2.40. The van der Waals surface area contributed by atoms with Gasteiger partial charge in [-0.25, -0.2) is 0 Å². The smallest absolute Gasteiger partial charge is 0.123 e. The zero-order valence-electron chi connectivity index (χ0n) is 10.8. The highest BCUT2D eigenvalue weighted by Gasteiger charge is 2.23. The molecule has 0 aromatic heterocycles. The molecule has 0 amide bonds. The van der Waals surface area contributed by atoms with Crippen LogP contribution in [0, 0.1) is 5.92 Å². The molecule has 2 N–H and O–H groups in total. The molecule has 0 saturated carbocycles. The quantitative estimate of drug-likeness (QED) is 0.862. The van der Waals surface area contributed by atoms with Gasteiger partial charge >= 0.3 is 0 Å². The molecular formula is C14H20ClNO2. The number of aliphatic hydroxyl groups is 1. The van der Waals surface area contributed by atoms with Gasteiger partial charge in [-0.05, 0) is 36.6 Å². The van der Waals surface area contributed by atoms with Crippen molar-refractivity contribution >= 4 is 11.6 Å². The van der Waals surface area contributed by atoms with E-state index in [2.05, 4.69) is 12.2 Å². The summed E-state index contributed by atoms with van der Waals surface area (Å²) in [5.74, 6) is 1.19. The second kappa shape index (κ2) is 5.91. The van der Waals surface area contributed by atoms with Crippen molar-refractivity contribution in [2.45, 2.75) is 32.4 Å². The molecule has 1 aromatic carbocycles. The maximum absolute atomic E-state index is 9.08. The molecule has 0 bridgehead atoms. The van der Waals surface area contributed by atoms with Gasteiger partial charge in [0.05, 0.1) is 0 Å². The highest BCUT2D eigenvalue weighted by Crippen LogP contribution is 2.30. The number of rotatable bonds is 5. The van der Waals surface area contributed by atoms with Crippen LogP contribution in [-0.2, 0) is 6.42 Å². The van der Waals surface area contributed by atoms with Crippen LogP contribution in [0.4, 0.5) is 0 Å². The number of hydrogen-bond acceptors (Lipinski definition) is 3. The zero-order chi connectivity index (χ0) is 13.1. The third-order valence-corrected chi connectivity index (χ3v) is 3.81. The fourth-order valence-corrected chi connectivity index (χ4v) is 2.27. The lowest BCUT2D eigenvalue weighted by molar-refractivity contribution is 0.184. The summed E-state index contributed by atoms with van der Waals surface area (Å²) in [4.78, 5) is 0. The molecule has 3 nitrogen and oxygen atoms in total. The number of nitrogens with one attached hydrogen (secondary N) is 1. The Labute approximate surface area is 113 Å². The maximum atomic E-state index is 9.08. The van der Waals surface area contributed by atoms with Gasteiger partial charge in [0, 0.05) is 30.6 Å². The summed E-state index contributed by atoms with van der Waals surface area (Å²) in [6, 6.07) is 6.03. The molecule has 0 aliphatic carbocycles. The molecule has 1 heterocycles. The fraction of sp³-hybridized carbons (Fsp3) is 0.571. The predicted molar refractivity (Wildman–Crippen MR) is 73.3 cm³/mol. The minimum absolute atomic E-state index is 0.159. The summed E-state index contributed by atoms with van der Waals surface area (Å²) < 4.78 is 5.84. The van der Waals surface area contributed by atoms with E-state index in [-0.39, 0.29) is 24.7 Å². The summed E-state index contributed by atoms with van der Waals surface area (Å²) in [6.45, 7) is 5.11. The SMILES string of the molecule is CC(CO)C(C)NCC1Cc2cc(Cl)ccc2O1. The van der Waals surface area contributed by atoms with Crippen LogP contribution in [0.3, 0.4) is 0 Å². The Kier molecular flexibility index (Phi) is 4.49. The first-order valence-electron chi connectivity index (χ1n) is 6.39. The molecule has 1 aromatic rings. The van der Waals surface area contributed by atoms with Crippen LogP contribution in [0.1, 0.15) is 19.4 Å². The third kappa shape index (κ3) is 3.16. The van der Waals surface area contributed by atoms with E-state index in [4.69, 9.17) is 21.4 Å². The molecule has 1 aliphatic rings. The first kappa shape index (κ1) is 13.7. The monoisotopic (exact) mass is 269 g/mol.